The van der Waals surface area contributed by atoms with E-state index < -0.39 is 5.54 Å². The molecule has 4 rings (SSSR count). The third-order valence-corrected chi connectivity index (χ3v) is 5.19. The third-order valence-electron chi connectivity index (χ3n) is 5.19. The van der Waals surface area contributed by atoms with Gasteiger partial charge in [-0.15, -0.1) is 0 Å². The van der Waals surface area contributed by atoms with Crippen molar-refractivity contribution in [1.82, 2.24) is 0 Å². The van der Waals surface area contributed by atoms with E-state index in [-0.39, 0.29) is 11.7 Å². The molecule has 4 heteroatoms. The molecule has 0 aromatic heterocycles. The lowest BCUT2D eigenvalue weighted by Gasteiger charge is -2.29. The third kappa shape index (κ3) is 2.16. The lowest BCUT2D eigenvalue weighted by molar-refractivity contribution is 0.0870. The average molecular weight is 315 g/mol. The van der Waals surface area contributed by atoms with Gasteiger partial charge in [-0.05, 0) is 42.5 Å². The summed E-state index contributed by atoms with van der Waals surface area (Å²) in [6.45, 7) is 0.528. The van der Waals surface area contributed by atoms with Crippen LogP contribution in [0.15, 0.2) is 58.8 Å². The molecule has 0 radical (unpaired) electrons. The first-order chi connectivity index (χ1) is 11.7. The summed E-state index contributed by atoms with van der Waals surface area (Å²) in [5.41, 5.74) is 2.76. The number of hydrogen-bond acceptors (Lipinski definition) is 4. The highest BCUT2D eigenvalue weighted by Crippen LogP contribution is 2.45. The van der Waals surface area contributed by atoms with Crippen LogP contribution in [0.2, 0.25) is 0 Å². The number of Topliss-reactive ketones (excluding diaryl/α,β-unsaturated/α-hetero) is 1. The molecule has 0 fully saturated rings. The molecular weight excluding hydrogens is 298 g/mol. The zero-order valence-electron chi connectivity index (χ0n) is 13.3. The first kappa shape index (κ1) is 14.8. The summed E-state index contributed by atoms with van der Waals surface area (Å²) in [6, 6.07) is 17.5. The van der Waals surface area contributed by atoms with Crippen molar-refractivity contribution in [2.75, 3.05) is 6.54 Å². The monoisotopic (exact) mass is 315 g/mol. The van der Waals surface area contributed by atoms with E-state index in [0.29, 0.717) is 18.5 Å². The van der Waals surface area contributed by atoms with Gasteiger partial charge in [0, 0.05) is 11.5 Å². The van der Waals surface area contributed by atoms with Crippen LogP contribution in [0.4, 0.5) is 0 Å². The van der Waals surface area contributed by atoms with Crippen LogP contribution in [0, 0.1) is 11.3 Å². The molecule has 1 aliphatic carbocycles. The van der Waals surface area contributed by atoms with Gasteiger partial charge in [0.15, 0.2) is 11.3 Å². The van der Waals surface area contributed by atoms with Gasteiger partial charge in [-0.3, -0.25) is 4.79 Å². The minimum atomic E-state index is -0.791. The number of fused-ring (bicyclic) bond motifs is 1. The number of benzene rings is 2. The van der Waals surface area contributed by atoms with Gasteiger partial charge in [0.2, 0.25) is 0 Å². The summed E-state index contributed by atoms with van der Waals surface area (Å²) in [4.78, 5) is 13.4. The van der Waals surface area contributed by atoms with E-state index in [2.05, 4.69) is 16.3 Å². The highest BCUT2D eigenvalue weighted by atomic mass is 16.1. The fourth-order valence-electron chi connectivity index (χ4n) is 3.92. The van der Waals surface area contributed by atoms with Gasteiger partial charge in [-0.25, -0.2) is 0 Å². The molecule has 2 atom stereocenters. The van der Waals surface area contributed by atoms with Crippen LogP contribution in [0.25, 0.3) is 0 Å². The topological polar surface area (TPSA) is 65.6 Å². The molecular formula is C20H17N3O. The van der Waals surface area contributed by atoms with Gasteiger partial charge in [-0.1, -0.05) is 36.4 Å². The van der Waals surface area contributed by atoms with E-state index in [1.165, 1.54) is 0 Å². The summed E-state index contributed by atoms with van der Waals surface area (Å²) in [6.07, 6.45) is 2.54. The number of aryl methyl sites for hydroxylation is 1. The van der Waals surface area contributed by atoms with Crippen LogP contribution in [-0.4, -0.2) is 17.9 Å². The Labute approximate surface area is 140 Å². The summed E-state index contributed by atoms with van der Waals surface area (Å²) in [5, 5.41) is 17.7. The number of nitrogens with zero attached hydrogens (tertiary/aromatic N) is 3. The van der Waals surface area contributed by atoms with Gasteiger partial charge >= 0.3 is 0 Å². The lowest BCUT2D eigenvalue weighted by Crippen LogP contribution is -2.40. The Kier molecular flexibility index (Phi) is 3.50. The number of carbonyl (C=O) groups excluding carboxylic acids is 1. The SMILES string of the molecule is N#Cc1ccc([C@@H]2CN=NC23CCCc2ccccc2C3=O)cc1. The quantitative estimate of drug-likeness (QED) is 0.796. The highest BCUT2D eigenvalue weighted by molar-refractivity contribution is 6.05. The van der Waals surface area contributed by atoms with Crippen LogP contribution in [0.1, 0.15) is 45.8 Å². The number of azo groups is 1. The molecule has 0 saturated carbocycles. The van der Waals surface area contributed by atoms with Crippen LogP contribution >= 0.6 is 0 Å². The van der Waals surface area contributed by atoms with E-state index in [1.807, 2.05) is 36.4 Å². The van der Waals surface area contributed by atoms with Crippen molar-refractivity contribution >= 4 is 5.78 Å². The zero-order chi connectivity index (χ0) is 16.6. The standard InChI is InChI=1S/C20H17N3O/c21-12-14-7-9-16(10-8-14)18-13-22-23-20(18)11-3-5-15-4-1-2-6-17(15)19(20)24/h1-2,4,6-10,18H,3,5,11,13H2/t18-,20?/m0/s1. The molecule has 2 aromatic rings. The molecule has 24 heavy (non-hydrogen) atoms. The molecule has 2 aromatic carbocycles. The van der Waals surface area contributed by atoms with Crippen LogP contribution in [0.3, 0.4) is 0 Å². The lowest BCUT2D eigenvalue weighted by atomic mass is 9.74. The molecule has 4 nitrogen and oxygen atoms in total. The van der Waals surface area contributed by atoms with Gasteiger partial charge in [0.1, 0.15) is 0 Å². The van der Waals surface area contributed by atoms with E-state index in [4.69, 9.17) is 5.26 Å². The molecule has 0 N–H and O–H groups in total. The number of rotatable bonds is 1. The molecule has 0 amide bonds. The molecule has 1 heterocycles. The Morgan fingerprint density at radius 2 is 1.92 bits per heavy atom. The van der Waals surface area contributed by atoms with Crippen molar-refractivity contribution in [3.63, 3.8) is 0 Å². The smallest absolute Gasteiger partial charge is 0.193 e. The Morgan fingerprint density at radius 3 is 2.71 bits per heavy atom. The molecule has 1 unspecified atom stereocenters. The first-order valence-corrected chi connectivity index (χ1v) is 8.26. The minimum Gasteiger partial charge on any atom is -0.291 e. The molecule has 0 bridgehead atoms. The van der Waals surface area contributed by atoms with Crippen molar-refractivity contribution in [1.29, 1.82) is 5.26 Å². The van der Waals surface area contributed by atoms with Crippen molar-refractivity contribution in [3.8, 4) is 6.07 Å². The second kappa shape index (κ2) is 5.68. The van der Waals surface area contributed by atoms with Crippen LogP contribution in [-0.2, 0) is 6.42 Å². The van der Waals surface area contributed by atoms with Crippen LogP contribution in [0.5, 0.6) is 0 Å². The van der Waals surface area contributed by atoms with Crippen LogP contribution < -0.4 is 0 Å². The maximum absolute atomic E-state index is 13.4. The number of nitriles is 1. The minimum absolute atomic E-state index is 0.0519. The Bertz CT molecular complexity index is 863. The number of carbonyl (C=O) groups is 1. The zero-order valence-corrected chi connectivity index (χ0v) is 13.3. The normalized spacial score (nSPS) is 25.3. The van der Waals surface area contributed by atoms with Gasteiger partial charge < -0.3 is 0 Å². The van der Waals surface area contributed by atoms with Crippen molar-refractivity contribution < 1.29 is 4.79 Å². The second-order valence-corrected chi connectivity index (χ2v) is 6.47. The second-order valence-electron chi connectivity index (χ2n) is 6.47. The number of ketones is 1. The maximum atomic E-state index is 13.4. The van der Waals surface area contributed by atoms with E-state index >= 15 is 0 Å². The van der Waals surface area contributed by atoms with Gasteiger partial charge in [0.05, 0.1) is 18.2 Å². The summed E-state index contributed by atoms with van der Waals surface area (Å²) in [7, 11) is 0. The largest absolute Gasteiger partial charge is 0.291 e. The first-order valence-electron chi connectivity index (χ1n) is 8.26. The Hall–Kier alpha value is -2.80. The molecule has 2 aliphatic rings. The van der Waals surface area contributed by atoms with Gasteiger partial charge in [0.25, 0.3) is 0 Å². The maximum Gasteiger partial charge on any atom is 0.193 e. The highest BCUT2D eigenvalue weighted by Gasteiger charge is 2.50. The Morgan fingerprint density at radius 1 is 1.12 bits per heavy atom. The molecule has 1 aliphatic heterocycles. The average Bonchev–Trinajstić information content (AvgIpc) is 3.00. The predicted molar refractivity (Wildman–Crippen MR) is 90.1 cm³/mol. The van der Waals surface area contributed by atoms with Crippen molar-refractivity contribution in [2.45, 2.75) is 30.7 Å². The van der Waals surface area contributed by atoms with Gasteiger partial charge in [-0.2, -0.15) is 15.5 Å². The van der Waals surface area contributed by atoms with E-state index in [9.17, 15) is 4.79 Å². The van der Waals surface area contributed by atoms with Crippen molar-refractivity contribution in [3.05, 3.63) is 70.8 Å². The molecule has 1 spiro atoms. The van der Waals surface area contributed by atoms with E-state index in [0.717, 1.165) is 29.5 Å². The number of hydrogen-bond donors (Lipinski definition) is 0. The fraction of sp³-hybridized carbons (Fsp3) is 0.300. The Balaban J connectivity index is 1.78. The molecule has 0 saturated heterocycles. The molecule has 118 valence electrons. The predicted octanol–water partition coefficient (Wildman–Crippen LogP) is 4.07. The van der Waals surface area contributed by atoms with E-state index in [1.54, 1.807) is 12.1 Å². The summed E-state index contributed by atoms with van der Waals surface area (Å²) < 4.78 is 0. The summed E-state index contributed by atoms with van der Waals surface area (Å²) in [5.74, 6) is 0.0371. The summed E-state index contributed by atoms with van der Waals surface area (Å²) >= 11 is 0. The van der Waals surface area contributed by atoms with Crippen molar-refractivity contribution in [2.24, 2.45) is 10.2 Å². The fourth-order valence-corrected chi connectivity index (χ4v) is 3.92.